The average molecular weight is 389 g/mol. The number of allylic oxidation sites excluding steroid dienone is 1. The Morgan fingerprint density at radius 1 is 1.11 bits per heavy atom. The predicted octanol–water partition coefficient (Wildman–Crippen LogP) is 4.48. The first-order chi connectivity index (χ1) is 12.7. The third kappa shape index (κ3) is 5.10. The molecule has 0 aliphatic heterocycles. The van der Waals surface area contributed by atoms with Gasteiger partial charge in [-0.3, -0.25) is 9.59 Å². The minimum absolute atomic E-state index is 0.168. The maximum atomic E-state index is 12.7. The van der Waals surface area contributed by atoms with Crippen LogP contribution in [-0.4, -0.2) is 33.2 Å². The summed E-state index contributed by atoms with van der Waals surface area (Å²) in [5.74, 6) is -0.719. The lowest BCUT2D eigenvalue weighted by Gasteiger charge is -2.24. The van der Waals surface area contributed by atoms with E-state index in [0.29, 0.717) is 12.8 Å². The molecule has 0 radical (unpaired) electrons. The van der Waals surface area contributed by atoms with Crippen molar-refractivity contribution in [2.75, 3.05) is 13.2 Å². The predicted molar refractivity (Wildman–Crippen MR) is 110 cm³/mol. The highest BCUT2D eigenvalue weighted by Crippen LogP contribution is 2.47. The van der Waals surface area contributed by atoms with Crippen molar-refractivity contribution in [1.29, 1.82) is 0 Å². The molecule has 0 heterocycles. The van der Waals surface area contributed by atoms with Gasteiger partial charge < -0.3 is 9.47 Å². The second-order valence-electron chi connectivity index (χ2n) is 8.18. The summed E-state index contributed by atoms with van der Waals surface area (Å²) in [6.07, 6.45) is 0.878. The Labute approximate surface area is 164 Å². The molecule has 5 heteroatoms. The Kier molecular flexibility index (Phi) is 7.04. The second-order valence-corrected chi connectivity index (χ2v) is 12.8. The average Bonchev–Trinajstić information content (AvgIpc) is 2.93. The summed E-state index contributed by atoms with van der Waals surface area (Å²) >= 11 is 0. The zero-order valence-corrected chi connectivity index (χ0v) is 18.2. The molecule has 0 N–H and O–H groups in total. The highest BCUT2D eigenvalue weighted by atomic mass is 28.3. The fourth-order valence-electron chi connectivity index (χ4n) is 4.05. The number of benzene rings is 1. The maximum absolute atomic E-state index is 12.7. The zero-order valence-electron chi connectivity index (χ0n) is 17.2. The first-order valence-electron chi connectivity index (χ1n) is 9.84. The fraction of sp³-hybridized carbons (Fsp3) is 0.545. The van der Waals surface area contributed by atoms with E-state index < -0.39 is 25.4 Å². The lowest BCUT2D eigenvalue weighted by molar-refractivity contribution is -0.171. The van der Waals surface area contributed by atoms with Gasteiger partial charge in [-0.25, -0.2) is 0 Å². The van der Waals surface area contributed by atoms with Gasteiger partial charge in [-0.05, 0) is 38.7 Å². The van der Waals surface area contributed by atoms with Crippen LogP contribution in [0.25, 0.3) is 0 Å². The molecule has 27 heavy (non-hydrogen) atoms. The van der Waals surface area contributed by atoms with E-state index in [-0.39, 0.29) is 19.1 Å². The van der Waals surface area contributed by atoms with Crippen LogP contribution in [0.15, 0.2) is 41.6 Å². The van der Waals surface area contributed by atoms with Gasteiger partial charge in [-0.2, -0.15) is 0 Å². The number of carbonyl (C=O) groups is 2. The molecule has 0 aromatic heterocycles. The van der Waals surface area contributed by atoms with Crippen LogP contribution in [0.2, 0.25) is 13.1 Å². The van der Waals surface area contributed by atoms with Crippen LogP contribution in [0.1, 0.15) is 39.2 Å². The van der Waals surface area contributed by atoms with Crippen LogP contribution >= 0.6 is 0 Å². The van der Waals surface area contributed by atoms with Gasteiger partial charge in [0.2, 0.25) is 0 Å². The summed E-state index contributed by atoms with van der Waals surface area (Å²) in [5, 5.41) is 0. The number of carbonyl (C=O) groups excluding carboxylic acids is 2. The Morgan fingerprint density at radius 3 is 2.19 bits per heavy atom. The number of rotatable bonds is 7. The summed E-state index contributed by atoms with van der Waals surface area (Å²) in [5.41, 5.74) is 3.72. The van der Waals surface area contributed by atoms with E-state index in [0.717, 1.165) is 6.04 Å². The smallest absolute Gasteiger partial charge is 0.323 e. The van der Waals surface area contributed by atoms with Crippen LogP contribution in [0.3, 0.4) is 0 Å². The lowest BCUT2D eigenvalue weighted by atomic mass is 9.85. The molecule has 1 aliphatic carbocycles. The SMILES string of the molecule is CCOC(=O)C1(C(=O)OCC)C/C(=C/[Si](C)(C)Cc2ccccc2)C(C)C1. The van der Waals surface area contributed by atoms with Gasteiger partial charge in [-0.1, -0.05) is 67.2 Å². The van der Waals surface area contributed by atoms with Crippen molar-refractivity contribution >= 4 is 20.0 Å². The molecule has 0 amide bonds. The second kappa shape index (κ2) is 8.87. The topological polar surface area (TPSA) is 52.6 Å². The van der Waals surface area contributed by atoms with E-state index in [1.165, 1.54) is 11.1 Å². The molecule has 1 fully saturated rings. The van der Waals surface area contributed by atoms with Crippen molar-refractivity contribution in [3.63, 3.8) is 0 Å². The Morgan fingerprint density at radius 2 is 1.67 bits per heavy atom. The Bertz CT molecular complexity index is 676. The molecule has 0 spiro atoms. The van der Waals surface area contributed by atoms with Crippen molar-refractivity contribution in [2.24, 2.45) is 11.3 Å². The lowest BCUT2D eigenvalue weighted by Crippen LogP contribution is -2.40. The Balaban J connectivity index is 2.28. The van der Waals surface area contributed by atoms with E-state index >= 15 is 0 Å². The quantitative estimate of drug-likeness (QED) is 0.392. The largest absolute Gasteiger partial charge is 0.465 e. The van der Waals surface area contributed by atoms with Gasteiger partial charge in [0.15, 0.2) is 5.41 Å². The fourth-order valence-corrected chi connectivity index (χ4v) is 6.83. The number of ether oxygens (including phenoxy) is 2. The van der Waals surface area contributed by atoms with E-state index in [4.69, 9.17) is 9.47 Å². The van der Waals surface area contributed by atoms with Crippen LogP contribution in [0.4, 0.5) is 0 Å². The molecule has 148 valence electrons. The van der Waals surface area contributed by atoms with Gasteiger partial charge >= 0.3 is 11.9 Å². The zero-order chi connectivity index (χ0) is 20.1. The van der Waals surface area contributed by atoms with Crippen molar-refractivity contribution in [3.8, 4) is 0 Å². The molecular weight excluding hydrogens is 356 g/mol. The highest BCUT2D eigenvalue weighted by Gasteiger charge is 2.54. The molecule has 1 aliphatic rings. The van der Waals surface area contributed by atoms with E-state index in [1.54, 1.807) is 13.8 Å². The molecular formula is C22H32O4Si. The van der Waals surface area contributed by atoms with Crippen molar-refractivity contribution in [3.05, 3.63) is 47.2 Å². The molecule has 0 saturated heterocycles. The minimum Gasteiger partial charge on any atom is -0.465 e. The molecule has 1 atom stereocenters. The first kappa shape index (κ1) is 21.4. The third-order valence-corrected chi connectivity index (χ3v) is 7.68. The van der Waals surface area contributed by atoms with Crippen LogP contribution in [-0.2, 0) is 25.1 Å². The maximum Gasteiger partial charge on any atom is 0.323 e. The van der Waals surface area contributed by atoms with Crippen LogP contribution in [0.5, 0.6) is 0 Å². The summed E-state index contributed by atoms with van der Waals surface area (Å²) in [6.45, 7) is 10.8. The van der Waals surface area contributed by atoms with Gasteiger partial charge in [-0.15, -0.1) is 0 Å². The molecule has 1 aromatic carbocycles. The first-order valence-corrected chi connectivity index (χ1v) is 13.1. The number of esters is 2. The standard InChI is InChI=1S/C22H32O4Si/c1-6-25-20(23)22(21(24)26-7-2)13-17(3)19(14-22)16-27(4,5)15-18-11-9-8-10-12-18/h8-12,16-17H,6-7,13-15H2,1-5H3/b19-16-. The van der Waals surface area contributed by atoms with Crippen LogP contribution in [0, 0.1) is 11.3 Å². The summed E-state index contributed by atoms with van der Waals surface area (Å²) in [4.78, 5) is 25.4. The van der Waals surface area contributed by atoms with E-state index in [1.807, 2.05) is 6.07 Å². The van der Waals surface area contributed by atoms with Gasteiger partial charge in [0, 0.05) is 0 Å². The molecule has 1 unspecified atom stereocenters. The van der Waals surface area contributed by atoms with E-state index in [2.05, 4.69) is 50.0 Å². The van der Waals surface area contributed by atoms with Crippen molar-refractivity contribution in [1.82, 2.24) is 0 Å². The normalized spacial score (nSPS) is 20.5. The minimum atomic E-state index is -1.69. The molecule has 0 bridgehead atoms. The van der Waals surface area contributed by atoms with E-state index in [9.17, 15) is 9.59 Å². The van der Waals surface area contributed by atoms with Crippen LogP contribution < -0.4 is 0 Å². The Hall–Kier alpha value is -1.88. The number of hydrogen-bond donors (Lipinski definition) is 0. The van der Waals surface area contributed by atoms with Crippen molar-refractivity contribution < 1.29 is 19.1 Å². The van der Waals surface area contributed by atoms with Gasteiger partial charge in [0.25, 0.3) is 0 Å². The molecule has 1 saturated carbocycles. The summed E-state index contributed by atoms with van der Waals surface area (Å²) < 4.78 is 10.5. The molecule has 1 aromatic rings. The van der Waals surface area contributed by atoms with Crippen molar-refractivity contribution in [2.45, 2.75) is 52.8 Å². The van der Waals surface area contributed by atoms with Gasteiger partial charge in [0.1, 0.15) is 0 Å². The third-order valence-electron chi connectivity index (χ3n) is 5.20. The highest BCUT2D eigenvalue weighted by molar-refractivity contribution is 6.81. The summed E-state index contributed by atoms with van der Waals surface area (Å²) in [6, 6.07) is 11.5. The summed E-state index contributed by atoms with van der Waals surface area (Å²) in [7, 11) is -1.69. The number of hydrogen-bond acceptors (Lipinski definition) is 4. The van der Waals surface area contributed by atoms with Gasteiger partial charge in [0.05, 0.1) is 21.3 Å². The monoisotopic (exact) mass is 388 g/mol. The molecule has 4 nitrogen and oxygen atoms in total. The molecule has 2 rings (SSSR count).